The number of methoxy groups -OCH3 is 2. The third-order valence-electron chi connectivity index (χ3n) is 5.96. The minimum absolute atomic E-state index is 0. The van der Waals surface area contributed by atoms with Gasteiger partial charge in [-0.1, -0.05) is 68.1 Å². The molecule has 196 valence electrons. The summed E-state index contributed by atoms with van der Waals surface area (Å²) in [7, 11) is 6.45. The average Bonchev–Trinajstić information content (AvgIpc) is 3.32. The van der Waals surface area contributed by atoms with Gasteiger partial charge in [0.2, 0.25) is 0 Å². The van der Waals surface area contributed by atoms with E-state index in [0.717, 1.165) is 28.2 Å². The summed E-state index contributed by atoms with van der Waals surface area (Å²) >= 11 is 0. The predicted octanol–water partition coefficient (Wildman–Crippen LogP) is 4.85. The Balaban J connectivity index is 0.000000253. The highest BCUT2D eigenvalue weighted by molar-refractivity contribution is 5.92. The van der Waals surface area contributed by atoms with Crippen LogP contribution in [0.15, 0.2) is 60.7 Å². The molecule has 2 aromatic heterocycles. The van der Waals surface area contributed by atoms with E-state index >= 15 is 0 Å². The summed E-state index contributed by atoms with van der Waals surface area (Å²) in [5, 5.41) is 8.68. The van der Waals surface area contributed by atoms with Crippen molar-refractivity contribution in [2.45, 2.75) is 34.1 Å². The highest BCUT2D eigenvalue weighted by Gasteiger charge is 2.21. The maximum absolute atomic E-state index is 11.8. The molecule has 2 aromatic carbocycles. The Morgan fingerprint density at radius 1 is 0.730 bits per heavy atom. The maximum Gasteiger partial charge on any atom is 0.341 e. The van der Waals surface area contributed by atoms with Crippen LogP contribution in [-0.2, 0) is 36.4 Å². The summed E-state index contributed by atoms with van der Waals surface area (Å²) in [5.74, 6) is -0.655. The molecule has 0 saturated heterocycles. The van der Waals surface area contributed by atoms with Gasteiger partial charge in [-0.2, -0.15) is 10.2 Å². The van der Waals surface area contributed by atoms with Gasteiger partial charge in [-0.25, -0.2) is 9.59 Å². The first-order valence-corrected chi connectivity index (χ1v) is 11.6. The molecule has 0 N–H and O–H groups in total. The average molecular weight is 505 g/mol. The van der Waals surface area contributed by atoms with Gasteiger partial charge in [0.1, 0.15) is 11.1 Å². The Bertz CT molecular complexity index is 1310. The fourth-order valence-corrected chi connectivity index (χ4v) is 4.02. The van der Waals surface area contributed by atoms with E-state index in [0.29, 0.717) is 29.7 Å². The van der Waals surface area contributed by atoms with Gasteiger partial charge in [-0.3, -0.25) is 9.36 Å². The van der Waals surface area contributed by atoms with Gasteiger partial charge < -0.3 is 9.47 Å². The summed E-state index contributed by atoms with van der Waals surface area (Å²) in [6.07, 6.45) is 1.30. The van der Waals surface area contributed by atoms with Crippen LogP contribution in [0.4, 0.5) is 0 Å². The second kappa shape index (κ2) is 13.2. The Morgan fingerprint density at radius 3 is 1.73 bits per heavy atom. The zero-order valence-electron chi connectivity index (χ0n) is 21.6. The van der Waals surface area contributed by atoms with Crippen molar-refractivity contribution in [1.29, 1.82) is 0 Å². The van der Waals surface area contributed by atoms with Crippen molar-refractivity contribution in [3.8, 4) is 0 Å². The van der Waals surface area contributed by atoms with Crippen LogP contribution in [0.2, 0.25) is 0 Å². The molecule has 0 spiro atoms. The van der Waals surface area contributed by atoms with Crippen molar-refractivity contribution in [2.24, 2.45) is 14.1 Å². The number of hydrogen-bond donors (Lipinski definition) is 0. The smallest absolute Gasteiger partial charge is 0.341 e. The topological polar surface area (TPSA) is 88.2 Å². The predicted molar refractivity (Wildman–Crippen MR) is 144 cm³/mol. The van der Waals surface area contributed by atoms with Crippen molar-refractivity contribution in [2.75, 3.05) is 14.2 Å². The highest BCUT2D eigenvalue weighted by Crippen LogP contribution is 2.19. The van der Waals surface area contributed by atoms with Crippen LogP contribution >= 0.6 is 0 Å². The van der Waals surface area contributed by atoms with E-state index in [1.165, 1.54) is 14.2 Å². The number of ether oxygens (including phenoxy) is 2. The fraction of sp³-hybridized carbons (Fsp3) is 0.310. The normalized spacial score (nSPS) is 10.1. The molecule has 0 saturated carbocycles. The highest BCUT2D eigenvalue weighted by atomic mass is 16.5. The van der Waals surface area contributed by atoms with Gasteiger partial charge in [-0.05, 0) is 25.0 Å². The quantitative estimate of drug-likeness (QED) is 0.349. The van der Waals surface area contributed by atoms with E-state index in [-0.39, 0.29) is 19.4 Å². The SMILES string of the molecule is C.COC(=O)c1c(C)nn(C)c1Cc1ccccc1.COC(=O)c1c(Cc2ccccc2)nn(C)c1C. The number of hydrogen-bond acceptors (Lipinski definition) is 6. The van der Waals surface area contributed by atoms with Gasteiger partial charge in [-0.15, -0.1) is 0 Å². The molecule has 0 atom stereocenters. The van der Waals surface area contributed by atoms with E-state index in [4.69, 9.17) is 9.47 Å². The molecule has 0 amide bonds. The molecule has 4 aromatic rings. The molecule has 0 aliphatic carbocycles. The molecule has 2 heterocycles. The lowest BCUT2D eigenvalue weighted by molar-refractivity contribution is 0.0589. The molecular weight excluding hydrogens is 468 g/mol. The first-order chi connectivity index (χ1) is 17.3. The van der Waals surface area contributed by atoms with Crippen LogP contribution in [0, 0.1) is 13.8 Å². The third-order valence-corrected chi connectivity index (χ3v) is 5.96. The molecule has 0 aliphatic heterocycles. The van der Waals surface area contributed by atoms with Gasteiger partial charge in [0.25, 0.3) is 0 Å². The number of carbonyl (C=O) groups is 2. The largest absolute Gasteiger partial charge is 0.465 e. The fourth-order valence-electron chi connectivity index (χ4n) is 4.02. The van der Waals surface area contributed by atoms with Gasteiger partial charge in [0.15, 0.2) is 0 Å². The number of aryl methyl sites for hydroxylation is 3. The molecule has 4 rings (SSSR count). The molecule has 0 aliphatic rings. The van der Waals surface area contributed by atoms with E-state index in [2.05, 4.69) is 10.2 Å². The van der Waals surface area contributed by atoms with Crippen molar-refractivity contribution in [3.05, 3.63) is 106 Å². The minimum Gasteiger partial charge on any atom is -0.465 e. The zero-order valence-corrected chi connectivity index (χ0v) is 21.6. The van der Waals surface area contributed by atoms with Gasteiger partial charge in [0, 0.05) is 32.6 Å². The summed E-state index contributed by atoms with van der Waals surface area (Å²) in [4.78, 5) is 23.6. The summed E-state index contributed by atoms with van der Waals surface area (Å²) in [6, 6.07) is 20.0. The Morgan fingerprint density at radius 2 is 1.22 bits per heavy atom. The van der Waals surface area contributed by atoms with Crippen LogP contribution in [-0.4, -0.2) is 45.7 Å². The number of esters is 2. The van der Waals surface area contributed by atoms with Crippen molar-refractivity contribution in [1.82, 2.24) is 19.6 Å². The van der Waals surface area contributed by atoms with Crippen LogP contribution in [0.3, 0.4) is 0 Å². The van der Waals surface area contributed by atoms with Crippen LogP contribution in [0.25, 0.3) is 0 Å². The third kappa shape index (κ3) is 6.94. The number of carbonyl (C=O) groups excluding carboxylic acids is 2. The monoisotopic (exact) mass is 504 g/mol. The van der Waals surface area contributed by atoms with E-state index in [9.17, 15) is 9.59 Å². The standard InChI is InChI=1S/2C14H16N2O2.CH4/c1-10-13(14(17)18-3)12(15-16(10)2)9-11-7-5-4-6-8-11;1-10-13(14(17)18-3)12(16(2)15-10)9-11-7-5-4-6-8-11;/h2*4-8H,9H2,1-3H3;1H4. The van der Waals surface area contributed by atoms with Crippen LogP contribution in [0.5, 0.6) is 0 Å². The van der Waals surface area contributed by atoms with E-state index < -0.39 is 0 Å². The van der Waals surface area contributed by atoms with Crippen molar-refractivity contribution < 1.29 is 19.1 Å². The Kier molecular flexibility index (Phi) is 10.4. The Hall–Kier alpha value is -4.20. The molecule has 0 radical (unpaired) electrons. The molecule has 37 heavy (non-hydrogen) atoms. The summed E-state index contributed by atoms with van der Waals surface area (Å²) in [5.41, 5.74) is 6.58. The van der Waals surface area contributed by atoms with E-state index in [1.54, 1.807) is 9.36 Å². The van der Waals surface area contributed by atoms with Gasteiger partial charge >= 0.3 is 11.9 Å². The number of nitrogens with zero attached hydrogens (tertiary/aromatic N) is 4. The molecule has 0 unspecified atom stereocenters. The molecule has 0 fully saturated rings. The lowest BCUT2D eigenvalue weighted by atomic mass is 10.1. The first-order valence-electron chi connectivity index (χ1n) is 11.6. The molecular formula is C29H36N4O4. The van der Waals surface area contributed by atoms with Crippen molar-refractivity contribution >= 4 is 11.9 Å². The summed E-state index contributed by atoms with van der Waals surface area (Å²) in [6.45, 7) is 3.69. The summed E-state index contributed by atoms with van der Waals surface area (Å²) < 4.78 is 13.1. The second-order valence-corrected chi connectivity index (χ2v) is 8.37. The maximum atomic E-state index is 11.8. The molecule has 8 heteroatoms. The number of aromatic nitrogens is 4. The van der Waals surface area contributed by atoms with E-state index in [1.807, 2.05) is 88.6 Å². The second-order valence-electron chi connectivity index (χ2n) is 8.37. The first kappa shape index (κ1) is 29.0. The van der Waals surface area contributed by atoms with Crippen molar-refractivity contribution in [3.63, 3.8) is 0 Å². The zero-order chi connectivity index (χ0) is 26.2. The molecule has 0 bridgehead atoms. The Labute approximate surface area is 218 Å². The molecule has 8 nitrogen and oxygen atoms in total. The van der Waals surface area contributed by atoms with Crippen LogP contribution in [0.1, 0.15) is 62.0 Å². The van der Waals surface area contributed by atoms with Crippen LogP contribution < -0.4 is 0 Å². The lowest BCUT2D eigenvalue weighted by Crippen LogP contribution is -2.08. The minimum atomic E-state index is -0.327. The number of benzene rings is 2. The lowest BCUT2D eigenvalue weighted by Gasteiger charge is -2.05. The van der Waals surface area contributed by atoms with Gasteiger partial charge in [0.05, 0.1) is 31.3 Å². The number of rotatable bonds is 6.